The molecule has 18 heavy (non-hydrogen) atoms. The van der Waals surface area contributed by atoms with Crippen molar-refractivity contribution in [2.24, 2.45) is 5.73 Å². The van der Waals surface area contributed by atoms with Crippen molar-refractivity contribution in [1.82, 2.24) is 0 Å². The highest BCUT2D eigenvalue weighted by Gasteiger charge is 2.30. The first-order chi connectivity index (χ1) is 8.46. The molecule has 0 saturated heterocycles. The second-order valence-electron chi connectivity index (χ2n) is 4.46. The van der Waals surface area contributed by atoms with Crippen LogP contribution in [0, 0.1) is 18.3 Å². The number of amides is 1. The summed E-state index contributed by atoms with van der Waals surface area (Å²) in [5.74, 6) is -0.203. The summed E-state index contributed by atoms with van der Waals surface area (Å²) in [6, 6.07) is 7.25. The Morgan fingerprint density at radius 1 is 1.44 bits per heavy atom. The summed E-state index contributed by atoms with van der Waals surface area (Å²) >= 11 is 0. The van der Waals surface area contributed by atoms with E-state index in [1.54, 1.807) is 12.1 Å². The van der Waals surface area contributed by atoms with Gasteiger partial charge in [0.15, 0.2) is 0 Å². The number of hydrogen-bond donors (Lipinski definition) is 2. The first kappa shape index (κ1) is 14.2. The van der Waals surface area contributed by atoms with Crippen LogP contribution in [0.2, 0.25) is 0 Å². The average molecular weight is 245 g/mol. The average Bonchev–Trinajstić information content (AvgIpc) is 2.40. The number of nitriles is 1. The Morgan fingerprint density at radius 3 is 2.56 bits per heavy atom. The summed E-state index contributed by atoms with van der Waals surface area (Å²) in [5, 5.41) is 11.7. The highest BCUT2D eigenvalue weighted by atomic mass is 16.2. The van der Waals surface area contributed by atoms with Gasteiger partial charge in [-0.2, -0.15) is 5.26 Å². The Hall–Kier alpha value is -1.86. The predicted octanol–water partition coefficient (Wildman–Crippen LogP) is 2.32. The third-order valence-electron chi connectivity index (χ3n) is 3.33. The number of nitrogens with one attached hydrogen (secondary N) is 1. The summed E-state index contributed by atoms with van der Waals surface area (Å²) in [7, 11) is 0. The SMILES string of the molecule is CCC(N)(CC)C(=O)Nc1cc(C#N)ccc1C. The van der Waals surface area contributed by atoms with Crippen LogP contribution in [0.3, 0.4) is 0 Å². The lowest BCUT2D eigenvalue weighted by molar-refractivity contribution is -0.121. The van der Waals surface area contributed by atoms with Crippen LogP contribution in [0.1, 0.15) is 37.8 Å². The summed E-state index contributed by atoms with van der Waals surface area (Å²) in [6.07, 6.45) is 1.15. The van der Waals surface area contributed by atoms with Gasteiger partial charge in [0.05, 0.1) is 17.2 Å². The molecule has 0 saturated carbocycles. The second-order valence-corrected chi connectivity index (χ2v) is 4.46. The van der Waals surface area contributed by atoms with Gasteiger partial charge in [0.2, 0.25) is 5.91 Å². The molecule has 0 aliphatic rings. The fourth-order valence-electron chi connectivity index (χ4n) is 1.64. The maximum Gasteiger partial charge on any atom is 0.244 e. The Bertz CT molecular complexity index is 484. The number of aryl methyl sites for hydroxylation is 1. The molecule has 1 rings (SSSR count). The molecule has 0 aliphatic heterocycles. The number of rotatable bonds is 4. The van der Waals surface area contributed by atoms with Gasteiger partial charge in [-0.1, -0.05) is 19.9 Å². The monoisotopic (exact) mass is 245 g/mol. The Morgan fingerprint density at radius 2 is 2.06 bits per heavy atom. The number of anilines is 1. The van der Waals surface area contributed by atoms with Gasteiger partial charge in [0.25, 0.3) is 0 Å². The van der Waals surface area contributed by atoms with Crippen molar-refractivity contribution < 1.29 is 4.79 Å². The topological polar surface area (TPSA) is 78.9 Å². The molecule has 0 fully saturated rings. The molecule has 0 aliphatic carbocycles. The van der Waals surface area contributed by atoms with Crippen LogP contribution in [-0.2, 0) is 4.79 Å². The minimum absolute atomic E-state index is 0.203. The van der Waals surface area contributed by atoms with Gasteiger partial charge < -0.3 is 11.1 Å². The second kappa shape index (κ2) is 5.65. The lowest BCUT2D eigenvalue weighted by Crippen LogP contribution is -2.50. The zero-order chi connectivity index (χ0) is 13.8. The van der Waals surface area contributed by atoms with Gasteiger partial charge in [-0.15, -0.1) is 0 Å². The summed E-state index contributed by atoms with van der Waals surface area (Å²) in [4.78, 5) is 12.1. The van der Waals surface area contributed by atoms with Crippen LogP contribution < -0.4 is 11.1 Å². The van der Waals surface area contributed by atoms with Gasteiger partial charge in [0.1, 0.15) is 0 Å². The first-order valence-corrected chi connectivity index (χ1v) is 6.08. The Balaban J connectivity index is 2.98. The van der Waals surface area contributed by atoms with E-state index in [-0.39, 0.29) is 5.91 Å². The van der Waals surface area contributed by atoms with E-state index < -0.39 is 5.54 Å². The van der Waals surface area contributed by atoms with E-state index in [2.05, 4.69) is 11.4 Å². The molecular formula is C14H19N3O. The van der Waals surface area contributed by atoms with Gasteiger partial charge in [-0.3, -0.25) is 4.79 Å². The molecule has 0 aromatic heterocycles. The van der Waals surface area contributed by atoms with Crippen molar-refractivity contribution in [3.05, 3.63) is 29.3 Å². The highest BCUT2D eigenvalue weighted by molar-refractivity contribution is 5.98. The molecule has 96 valence electrons. The maximum atomic E-state index is 12.1. The molecule has 1 aromatic carbocycles. The van der Waals surface area contributed by atoms with E-state index >= 15 is 0 Å². The molecule has 0 unspecified atom stereocenters. The molecule has 0 spiro atoms. The third-order valence-corrected chi connectivity index (χ3v) is 3.33. The number of carbonyl (C=O) groups is 1. The molecule has 0 heterocycles. The summed E-state index contributed by atoms with van der Waals surface area (Å²) in [6.45, 7) is 5.66. The van der Waals surface area contributed by atoms with Crippen molar-refractivity contribution in [3.63, 3.8) is 0 Å². The Labute approximate surface area is 108 Å². The first-order valence-electron chi connectivity index (χ1n) is 6.08. The van der Waals surface area contributed by atoms with Gasteiger partial charge in [-0.25, -0.2) is 0 Å². The molecule has 0 atom stereocenters. The molecule has 0 radical (unpaired) electrons. The number of carbonyl (C=O) groups excluding carboxylic acids is 1. The smallest absolute Gasteiger partial charge is 0.244 e. The van der Waals surface area contributed by atoms with Crippen molar-refractivity contribution in [2.45, 2.75) is 39.2 Å². The van der Waals surface area contributed by atoms with E-state index in [9.17, 15) is 4.79 Å². The summed E-state index contributed by atoms with van der Waals surface area (Å²) in [5.41, 5.74) is 7.26. The minimum Gasteiger partial charge on any atom is -0.324 e. The van der Waals surface area contributed by atoms with Crippen molar-refractivity contribution in [1.29, 1.82) is 5.26 Å². The van der Waals surface area contributed by atoms with Crippen molar-refractivity contribution in [3.8, 4) is 6.07 Å². The van der Waals surface area contributed by atoms with Crippen LogP contribution >= 0.6 is 0 Å². The van der Waals surface area contributed by atoms with Gasteiger partial charge in [0, 0.05) is 5.69 Å². The fraction of sp³-hybridized carbons (Fsp3) is 0.429. The minimum atomic E-state index is -0.852. The highest BCUT2D eigenvalue weighted by Crippen LogP contribution is 2.20. The molecule has 3 N–H and O–H groups in total. The maximum absolute atomic E-state index is 12.1. The molecule has 1 amide bonds. The van der Waals surface area contributed by atoms with E-state index in [1.165, 1.54) is 0 Å². The third kappa shape index (κ3) is 2.88. The predicted molar refractivity (Wildman–Crippen MR) is 72.0 cm³/mol. The molecule has 1 aromatic rings. The lowest BCUT2D eigenvalue weighted by atomic mass is 9.93. The number of nitrogens with two attached hydrogens (primary N) is 1. The van der Waals surface area contributed by atoms with Gasteiger partial charge >= 0.3 is 0 Å². The molecule has 4 nitrogen and oxygen atoms in total. The summed E-state index contributed by atoms with van der Waals surface area (Å²) < 4.78 is 0. The van der Waals surface area contributed by atoms with E-state index in [0.717, 1.165) is 5.56 Å². The quantitative estimate of drug-likeness (QED) is 0.854. The molecule has 4 heteroatoms. The molecule has 0 bridgehead atoms. The van der Waals surface area contributed by atoms with Crippen LogP contribution in [0.4, 0.5) is 5.69 Å². The number of nitrogens with zero attached hydrogens (tertiary/aromatic N) is 1. The lowest BCUT2D eigenvalue weighted by Gasteiger charge is -2.25. The van der Waals surface area contributed by atoms with Crippen LogP contribution in [0.25, 0.3) is 0 Å². The van der Waals surface area contributed by atoms with Crippen molar-refractivity contribution in [2.75, 3.05) is 5.32 Å². The van der Waals surface area contributed by atoms with Crippen molar-refractivity contribution >= 4 is 11.6 Å². The van der Waals surface area contributed by atoms with Crippen LogP contribution in [-0.4, -0.2) is 11.4 Å². The van der Waals surface area contributed by atoms with Crippen LogP contribution in [0.5, 0.6) is 0 Å². The van der Waals surface area contributed by atoms with Crippen LogP contribution in [0.15, 0.2) is 18.2 Å². The standard InChI is InChI=1S/C14H19N3O/c1-4-14(16,5-2)13(18)17-12-8-11(9-15)7-6-10(12)3/h6-8H,4-5,16H2,1-3H3,(H,17,18). The zero-order valence-corrected chi connectivity index (χ0v) is 11.1. The fourth-order valence-corrected chi connectivity index (χ4v) is 1.64. The largest absolute Gasteiger partial charge is 0.324 e. The normalized spacial score (nSPS) is 10.8. The number of hydrogen-bond acceptors (Lipinski definition) is 3. The Kier molecular flexibility index (Phi) is 4.46. The van der Waals surface area contributed by atoms with E-state index in [0.29, 0.717) is 24.1 Å². The van der Waals surface area contributed by atoms with Gasteiger partial charge in [-0.05, 0) is 37.5 Å². The van der Waals surface area contributed by atoms with E-state index in [4.69, 9.17) is 11.0 Å². The zero-order valence-electron chi connectivity index (χ0n) is 11.1. The molecular weight excluding hydrogens is 226 g/mol. The number of benzene rings is 1. The van der Waals surface area contributed by atoms with E-state index in [1.807, 2.05) is 26.8 Å².